The average Bonchev–Trinajstić information content (AvgIpc) is 3.11. The first-order valence-electron chi connectivity index (χ1n) is 8.29. The van der Waals surface area contributed by atoms with Crippen LogP contribution in [0.15, 0.2) is 0 Å². The normalized spacial score (nSPS) is 20.8. The van der Waals surface area contributed by atoms with Crippen molar-refractivity contribution < 1.29 is 0 Å². The van der Waals surface area contributed by atoms with Crippen LogP contribution in [0.1, 0.15) is 60.3 Å². The van der Waals surface area contributed by atoms with Gasteiger partial charge in [0.1, 0.15) is 0 Å². The number of hydrogen-bond acceptors (Lipinski definition) is 2. The zero-order valence-electron chi connectivity index (χ0n) is 14.1. The minimum Gasteiger partial charge on any atom is -0.316 e. The molecule has 19 heavy (non-hydrogen) atoms. The Labute approximate surface area is 121 Å². The Hall–Kier alpha value is -0.0800. The van der Waals surface area contributed by atoms with Gasteiger partial charge in [-0.15, -0.1) is 0 Å². The first kappa shape index (κ1) is 17.0. The molecule has 0 aromatic carbocycles. The monoisotopic (exact) mass is 268 g/mol. The summed E-state index contributed by atoms with van der Waals surface area (Å²) in [7, 11) is 2.32. The Balaban J connectivity index is 2.43. The predicted molar refractivity (Wildman–Crippen MR) is 85.5 cm³/mol. The summed E-state index contributed by atoms with van der Waals surface area (Å²) >= 11 is 0. The van der Waals surface area contributed by atoms with E-state index in [1.54, 1.807) is 0 Å². The van der Waals surface area contributed by atoms with E-state index in [0.29, 0.717) is 5.41 Å². The van der Waals surface area contributed by atoms with Crippen molar-refractivity contribution >= 4 is 0 Å². The first-order valence-corrected chi connectivity index (χ1v) is 8.29. The molecule has 1 aliphatic carbocycles. The van der Waals surface area contributed by atoms with E-state index < -0.39 is 0 Å². The molecule has 1 saturated carbocycles. The summed E-state index contributed by atoms with van der Waals surface area (Å²) in [6.07, 6.45) is 5.49. The number of hydrogen-bond donors (Lipinski definition) is 1. The highest BCUT2D eigenvalue weighted by Crippen LogP contribution is 2.36. The Morgan fingerprint density at radius 3 is 2.37 bits per heavy atom. The van der Waals surface area contributed by atoms with E-state index in [9.17, 15) is 0 Å². The lowest BCUT2D eigenvalue weighted by atomic mass is 9.84. The van der Waals surface area contributed by atoms with Crippen LogP contribution in [0.3, 0.4) is 0 Å². The fraction of sp³-hybridized carbons (Fsp3) is 1.00. The maximum atomic E-state index is 3.67. The molecule has 0 amide bonds. The van der Waals surface area contributed by atoms with Crippen molar-refractivity contribution in [3.05, 3.63) is 0 Å². The van der Waals surface area contributed by atoms with E-state index in [2.05, 4.69) is 51.9 Å². The lowest BCUT2D eigenvalue weighted by Crippen LogP contribution is -2.45. The lowest BCUT2D eigenvalue weighted by molar-refractivity contribution is 0.131. The molecule has 1 aliphatic rings. The van der Waals surface area contributed by atoms with Crippen LogP contribution in [0.25, 0.3) is 0 Å². The summed E-state index contributed by atoms with van der Waals surface area (Å²) in [5.41, 5.74) is 0.418. The average molecular weight is 268 g/mol. The quantitative estimate of drug-likeness (QED) is 0.649. The largest absolute Gasteiger partial charge is 0.316 e. The minimum absolute atomic E-state index is 0.418. The van der Waals surface area contributed by atoms with Gasteiger partial charge >= 0.3 is 0 Å². The summed E-state index contributed by atoms with van der Waals surface area (Å²) in [6.45, 7) is 15.3. The van der Waals surface area contributed by atoms with Gasteiger partial charge in [0, 0.05) is 19.1 Å². The number of nitrogens with one attached hydrogen (secondary N) is 1. The van der Waals surface area contributed by atoms with Crippen LogP contribution >= 0.6 is 0 Å². The van der Waals surface area contributed by atoms with Gasteiger partial charge in [0.15, 0.2) is 0 Å². The van der Waals surface area contributed by atoms with Crippen LogP contribution in [0, 0.1) is 17.3 Å². The predicted octanol–water partition coefficient (Wildman–Crippen LogP) is 3.77. The Morgan fingerprint density at radius 2 is 1.89 bits per heavy atom. The van der Waals surface area contributed by atoms with E-state index >= 15 is 0 Å². The SMILES string of the molecule is CCCC(C)(CNCC(C)C)CN(C)C(C)C1CC1. The van der Waals surface area contributed by atoms with Gasteiger partial charge in [0.25, 0.3) is 0 Å². The molecular weight excluding hydrogens is 232 g/mol. The van der Waals surface area contributed by atoms with Crippen LogP contribution in [0.5, 0.6) is 0 Å². The van der Waals surface area contributed by atoms with Crippen LogP contribution < -0.4 is 5.32 Å². The highest BCUT2D eigenvalue weighted by molar-refractivity contribution is 4.88. The molecule has 2 unspecified atom stereocenters. The number of nitrogens with zero attached hydrogens (tertiary/aromatic N) is 1. The van der Waals surface area contributed by atoms with Gasteiger partial charge < -0.3 is 10.2 Å². The van der Waals surface area contributed by atoms with Crippen molar-refractivity contribution in [3.63, 3.8) is 0 Å². The molecule has 0 spiro atoms. The Bertz CT molecular complexity index is 248. The topological polar surface area (TPSA) is 15.3 Å². The minimum atomic E-state index is 0.418. The van der Waals surface area contributed by atoms with Crippen molar-refractivity contribution in [2.75, 3.05) is 26.7 Å². The van der Waals surface area contributed by atoms with E-state index in [-0.39, 0.29) is 0 Å². The lowest BCUT2D eigenvalue weighted by Gasteiger charge is -2.37. The molecule has 0 aliphatic heterocycles. The molecule has 1 fully saturated rings. The third-order valence-electron chi connectivity index (χ3n) is 4.59. The van der Waals surface area contributed by atoms with E-state index in [1.807, 2.05) is 0 Å². The molecule has 0 heterocycles. The number of rotatable bonds is 10. The van der Waals surface area contributed by atoms with Gasteiger partial charge in [-0.2, -0.15) is 0 Å². The summed E-state index contributed by atoms with van der Waals surface area (Å²) in [4.78, 5) is 2.60. The maximum Gasteiger partial charge on any atom is 0.00923 e. The maximum absolute atomic E-state index is 3.67. The van der Waals surface area contributed by atoms with Gasteiger partial charge in [-0.1, -0.05) is 34.1 Å². The van der Waals surface area contributed by atoms with Crippen molar-refractivity contribution in [2.24, 2.45) is 17.3 Å². The second-order valence-electron chi connectivity index (χ2n) is 7.58. The summed E-state index contributed by atoms with van der Waals surface area (Å²) in [5, 5.41) is 3.67. The van der Waals surface area contributed by atoms with Gasteiger partial charge in [-0.25, -0.2) is 0 Å². The summed E-state index contributed by atoms with van der Waals surface area (Å²) in [6, 6.07) is 0.765. The smallest absolute Gasteiger partial charge is 0.00923 e. The molecule has 0 aromatic heterocycles. The molecule has 0 bridgehead atoms. The standard InChI is InChI=1S/C17H36N2/c1-7-10-17(5,12-18-11-14(2)3)13-19(6)15(4)16-8-9-16/h14-16,18H,7-13H2,1-6H3. The van der Waals surface area contributed by atoms with Crippen LogP contribution in [-0.2, 0) is 0 Å². The second-order valence-corrected chi connectivity index (χ2v) is 7.58. The zero-order chi connectivity index (χ0) is 14.5. The van der Waals surface area contributed by atoms with Crippen molar-refractivity contribution in [1.29, 1.82) is 0 Å². The first-order chi connectivity index (χ1) is 8.88. The highest BCUT2D eigenvalue weighted by atomic mass is 15.1. The van der Waals surface area contributed by atoms with Gasteiger partial charge in [-0.05, 0) is 57.0 Å². The summed E-state index contributed by atoms with van der Waals surface area (Å²) in [5.74, 6) is 1.72. The highest BCUT2D eigenvalue weighted by Gasteiger charge is 2.33. The molecular formula is C17H36N2. The van der Waals surface area contributed by atoms with Gasteiger partial charge in [-0.3, -0.25) is 0 Å². The Morgan fingerprint density at radius 1 is 1.26 bits per heavy atom. The van der Waals surface area contributed by atoms with Crippen molar-refractivity contribution in [2.45, 2.75) is 66.3 Å². The molecule has 0 radical (unpaired) electrons. The van der Waals surface area contributed by atoms with E-state index in [4.69, 9.17) is 0 Å². The van der Waals surface area contributed by atoms with Crippen LogP contribution in [0.2, 0.25) is 0 Å². The Kier molecular flexibility index (Phi) is 6.82. The van der Waals surface area contributed by atoms with Crippen LogP contribution in [0.4, 0.5) is 0 Å². The third-order valence-corrected chi connectivity index (χ3v) is 4.59. The van der Waals surface area contributed by atoms with Crippen LogP contribution in [-0.4, -0.2) is 37.6 Å². The fourth-order valence-electron chi connectivity index (χ4n) is 3.17. The molecule has 0 aromatic rings. The second kappa shape index (κ2) is 7.64. The van der Waals surface area contributed by atoms with Crippen molar-refractivity contribution in [3.8, 4) is 0 Å². The third kappa shape index (κ3) is 6.27. The molecule has 2 atom stereocenters. The van der Waals surface area contributed by atoms with Gasteiger partial charge in [0.05, 0.1) is 0 Å². The van der Waals surface area contributed by atoms with Gasteiger partial charge in [0.2, 0.25) is 0 Å². The molecule has 2 nitrogen and oxygen atoms in total. The molecule has 1 N–H and O–H groups in total. The van der Waals surface area contributed by atoms with Crippen molar-refractivity contribution in [1.82, 2.24) is 10.2 Å². The van der Waals surface area contributed by atoms with E-state index in [0.717, 1.165) is 31.0 Å². The summed E-state index contributed by atoms with van der Waals surface area (Å²) < 4.78 is 0. The van der Waals surface area contributed by atoms with E-state index in [1.165, 1.54) is 32.2 Å². The molecule has 0 saturated heterocycles. The fourth-order valence-corrected chi connectivity index (χ4v) is 3.17. The molecule has 2 heteroatoms. The zero-order valence-corrected chi connectivity index (χ0v) is 14.1. The molecule has 114 valence electrons. The molecule has 1 rings (SSSR count).